The Balaban J connectivity index is 1.83. The van der Waals surface area contributed by atoms with E-state index in [2.05, 4.69) is 0 Å². The fourth-order valence-electron chi connectivity index (χ4n) is 2.85. The molecule has 0 spiro atoms. The van der Waals surface area contributed by atoms with Crippen LogP contribution >= 0.6 is 0 Å². The first kappa shape index (κ1) is 15.4. The zero-order valence-corrected chi connectivity index (χ0v) is 12.7. The molecule has 0 aromatic heterocycles. The van der Waals surface area contributed by atoms with Gasteiger partial charge in [0.25, 0.3) is 0 Å². The molecule has 0 saturated carbocycles. The van der Waals surface area contributed by atoms with Crippen LogP contribution in [0.5, 0.6) is 0 Å². The molecule has 2 nitrogen and oxygen atoms in total. The van der Waals surface area contributed by atoms with E-state index in [9.17, 15) is 9.18 Å². The van der Waals surface area contributed by atoms with E-state index in [1.54, 1.807) is 12.1 Å². The van der Waals surface area contributed by atoms with Gasteiger partial charge in [0.05, 0.1) is 5.92 Å². The molecule has 0 saturated heterocycles. The van der Waals surface area contributed by atoms with Gasteiger partial charge in [-0.1, -0.05) is 54.6 Å². The molecule has 3 aromatic carbocycles. The maximum absolute atomic E-state index is 13.4. The van der Waals surface area contributed by atoms with Gasteiger partial charge in [-0.05, 0) is 34.0 Å². The molecule has 0 aliphatic heterocycles. The third-order valence-corrected chi connectivity index (χ3v) is 4.07. The van der Waals surface area contributed by atoms with Crippen LogP contribution in [0.2, 0.25) is 0 Å². The lowest BCUT2D eigenvalue weighted by Crippen LogP contribution is -2.23. The molecule has 3 heteroatoms. The van der Waals surface area contributed by atoms with Crippen LogP contribution in [0.4, 0.5) is 4.39 Å². The topological polar surface area (TPSA) is 43.1 Å². The average Bonchev–Trinajstić information content (AvgIpc) is 2.55. The fraction of sp³-hybridized carbons (Fsp3) is 0.150. The number of rotatable bonds is 5. The quantitative estimate of drug-likeness (QED) is 0.778. The standard InChI is InChI=1S/C20H18FNO/c21-18-7-3-6-17(12-18)19(13-22)20(23)11-14-8-9-15-4-1-2-5-16(15)10-14/h1-10,12,19H,11,13,22H2. The van der Waals surface area contributed by atoms with Crippen molar-refractivity contribution in [1.29, 1.82) is 0 Å². The predicted octanol–water partition coefficient (Wildman–Crippen LogP) is 3.83. The van der Waals surface area contributed by atoms with Crippen LogP contribution in [0, 0.1) is 5.82 Å². The molecule has 23 heavy (non-hydrogen) atoms. The Morgan fingerprint density at radius 1 is 0.957 bits per heavy atom. The van der Waals surface area contributed by atoms with E-state index in [-0.39, 0.29) is 18.1 Å². The highest BCUT2D eigenvalue weighted by Gasteiger charge is 2.19. The molecule has 0 aliphatic rings. The van der Waals surface area contributed by atoms with E-state index < -0.39 is 5.92 Å². The van der Waals surface area contributed by atoms with Gasteiger partial charge in [0, 0.05) is 13.0 Å². The summed E-state index contributed by atoms with van der Waals surface area (Å²) in [5, 5.41) is 2.25. The Labute approximate surface area is 134 Å². The molecule has 1 atom stereocenters. The number of Topliss-reactive ketones (excluding diaryl/α,β-unsaturated/α-hetero) is 1. The van der Waals surface area contributed by atoms with Crippen LogP contribution < -0.4 is 5.73 Å². The number of carbonyl (C=O) groups excluding carboxylic acids is 1. The van der Waals surface area contributed by atoms with Gasteiger partial charge in [-0.3, -0.25) is 4.79 Å². The second kappa shape index (κ2) is 6.71. The van der Waals surface area contributed by atoms with E-state index in [0.717, 1.165) is 16.3 Å². The number of nitrogens with two attached hydrogens (primary N) is 1. The lowest BCUT2D eigenvalue weighted by atomic mass is 9.90. The monoisotopic (exact) mass is 307 g/mol. The normalized spacial score (nSPS) is 12.3. The van der Waals surface area contributed by atoms with E-state index >= 15 is 0 Å². The minimum Gasteiger partial charge on any atom is -0.329 e. The van der Waals surface area contributed by atoms with Crippen LogP contribution in [-0.4, -0.2) is 12.3 Å². The third-order valence-electron chi connectivity index (χ3n) is 4.07. The molecule has 1 unspecified atom stereocenters. The summed E-state index contributed by atoms with van der Waals surface area (Å²) in [6.45, 7) is 0.176. The molecular weight excluding hydrogens is 289 g/mol. The molecule has 0 fully saturated rings. The molecule has 0 bridgehead atoms. The Hall–Kier alpha value is -2.52. The van der Waals surface area contributed by atoms with Gasteiger partial charge in [-0.15, -0.1) is 0 Å². The molecule has 0 radical (unpaired) electrons. The molecule has 116 valence electrons. The van der Waals surface area contributed by atoms with E-state index in [4.69, 9.17) is 5.73 Å². The van der Waals surface area contributed by atoms with Crippen molar-refractivity contribution in [3.05, 3.63) is 83.7 Å². The SMILES string of the molecule is NCC(C(=O)Cc1ccc2ccccc2c1)c1cccc(F)c1. The number of carbonyl (C=O) groups is 1. The highest BCUT2D eigenvalue weighted by atomic mass is 19.1. The number of fused-ring (bicyclic) bond motifs is 1. The van der Waals surface area contributed by atoms with Gasteiger partial charge in [0.2, 0.25) is 0 Å². The summed E-state index contributed by atoms with van der Waals surface area (Å²) in [6.07, 6.45) is 0.295. The first-order valence-corrected chi connectivity index (χ1v) is 7.63. The molecule has 0 amide bonds. The highest BCUT2D eigenvalue weighted by molar-refractivity contribution is 5.89. The Kier molecular flexibility index (Phi) is 4.49. The van der Waals surface area contributed by atoms with Crippen molar-refractivity contribution >= 4 is 16.6 Å². The number of hydrogen-bond acceptors (Lipinski definition) is 2. The van der Waals surface area contributed by atoms with E-state index in [1.165, 1.54) is 12.1 Å². The second-order valence-electron chi connectivity index (χ2n) is 5.67. The fourth-order valence-corrected chi connectivity index (χ4v) is 2.85. The zero-order chi connectivity index (χ0) is 16.2. The van der Waals surface area contributed by atoms with Crippen LogP contribution in [0.25, 0.3) is 10.8 Å². The lowest BCUT2D eigenvalue weighted by molar-refractivity contribution is -0.119. The van der Waals surface area contributed by atoms with Crippen molar-refractivity contribution in [2.45, 2.75) is 12.3 Å². The van der Waals surface area contributed by atoms with Crippen molar-refractivity contribution in [1.82, 2.24) is 0 Å². The van der Waals surface area contributed by atoms with Gasteiger partial charge in [0.1, 0.15) is 11.6 Å². The molecular formula is C20H18FNO. The van der Waals surface area contributed by atoms with Gasteiger partial charge >= 0.3 is 0 Å². The zero-order valence-electron chi connectivity index (χ0n) is 12.7. The second-order valence-corrected chi connectivity index (χ2v) is 5.67. The minimum atomic E-state index is -0.475. The number of ketones is 1. The van der Waals surface area contributed by atoms with Crippen molar-refractivity contribution in [2.24, 2.45) is 5.73 Å². The number of benzene rings is 3. The lowest BCUT2D eigenvalue weighted by Gasteiger charge is -2.14. The van der Waals surface area contributed by atoms with E-state index in [1.807, 2.05) is 42.5 Å². The van der Waals surface area contributed by atoms with Crippen LogP contribution in [-0.2, 0) is 11.2 Å². The van der Waals surface area contributed by atoms with Crippen molar-refractivity contribution in [3.8, 4) is 0 Å². The minimum absolute atomic E-state index is 0.00776. The van der Waals surface area contributed by atoms with Crippen molar-refractivity contribution < 1.29 is 9.18 Å². The van der Waals surface area contributed by atoms with Crippen LogP contribution in [0.15, 0.2) is 66.7 Å². The smallest absolute Gasteiger partial charge is 0.145 e. The summed E-state index contributed by atoms with van der Waals surface area (Å²) >= 11 is 0. The maximum Gasteiger partial charge on any atom is 0.145 e. The first-order chi connectivity index (χ1) is 11.2. The average molecular weight is 307 g/mol. The summed E-state index contributed by atoms with van der Waals surface area (Å²) in [4.78, 5) is 12.6. The van der Waals surface area contributed by atoms with Crippen LogP contribution in [0.3, 0.4) is 0 Å². The molecule has 0 heterocycles. The summed E-state index contributed by atoms with van der Waals surface area (Å²) < 4.78 is 13.4. The van der Waals surface area contributed by atoms with Gasteiger partial charge in [-0.25, -0.2) is 4.39 Å². The molecule has 3 rings (SSSR count). The Bertz CT molecular complexity index is 844. The van der Waals surface area contributed by atoms with Gasteiger partial charge in [-0.2, -0.15) is 0 Å². The molecule has 2 N–H and O–H groups in total. The number of hydrogen-bond donors (Lipinski definition) is 1. The van der Waals surface area contributed by atoms with Gasteiger partial charge in [0.15, 0.2) is 0 Å². The van der Waals surface area contributed by atoms with Crippen molar-refractivity contribution in [3.63, 3.8) is 0 Å². The van der Waals surface area contributed by atoms with Crippen LogP contribution in [0.1, 0.15) is 17.0 Å². The first-order valence-electron chi connectivity index (χ1n) is 7.63. The molecule has 0 aliphatic carbocycles. The summed E-state index contributed by atoms with van der Waals surface area (Å²) in [5.74, 6) is -0.815. The highest BCUT2D eigenvalue weighted by Crippen LogP contribution is 2.21. The Morgan fingerprint density at radius 2 is 1.74 bits per heavy atom. The largest absolute Gasteiger partial charge is 0.329 e. The summed E-state index contributed by atoms with van der Waals surface area (Å²) in [7, 11) is 0. The molecule has 3 aromatic rings. The van der Waals surface area contributed by atoms with Gasteiger partial charge < -0.3 is 5.73 Å². The summed E-state index contributed by atoms with van der Waals surface area (Å²) in [6, 6.07) is 20.1. The predicted molar refractivity (Wildman–Crippen MR) is 90.9 cm³/mol. The maximum atomic E-state index is 13.4. The Morgan fingerprint density at radius 3 is 2.48 bits per heavy atom. The number of halogens is 1. The third kappa shape index (κ3) is 3.46. The van der Waals surface area contributed by atoms with Crippen molar-refractivity contribution in [2.75, 3.05) is 6.54 Å². The summed E-state index contributed by atoms with van der Waals surface area (Å²) in [5.41, 5.74) is 7.34. The van der Waals surface area contributed by atoms with E-state index in [0.29, 0.717) is 12.0 Å².